The van der Waals surface area contributed by atoms with Gasteiger partial charge in [0.15, 0.2) is 0 Å². The molecular weight excluding hydrogens is 316 g/mol. The van der Waals surface area contributed by atoms with Crippen LogP contribution in [0.1, 0.15) is 29.8 Å². The Morgan fingerprint density at radius 2 is 2.00 bits per heavy atom. The van der Waals surface area contributed by atoms with Gasteiger partial charge in [0, 0.05) is 30.4 Å². The smallest absolute Gasteiger partial charge is 0.258 e. The van der Waals surface area contributed by atoms with E-state index < -0.39 is 0 Å². The molecule has 5 nitrogen and oxygen atoms in total. The van der Waals surface area contributed by atoms with Crippen molar-refractivity contribution in [3.8, 4) is 5.75 Å². The molecule has 0 spiro atoms. The first-order valence-corrected chi connectivity index (χ1v) is 8.34. The second-order valence-electron chi connectivity index (χ2n) is 6.48. The monoisotopic (exact) mass is 338 g/mol. The van der Waals surface area contributed by atoms with Gasteiger partial charge in [-0.1, -0.05) is 13.0 Å². The van der Waals surface area contributed by atoms with Crippen molar-refractivity contribution < 1.29 is 14.3 Å². The van der Waals surface area contributed by atoms with E-state index in [4.69, 9.17) is 4.74 Å². The van der Waals surface area contributed by atoms with Crippen molar-refractivity contribution in [1.29, 1.82) is 0 Å². The van der Waals surface area contributed by atoms with Gasteiger partial charge < -0.3 is 15.0 Å². The van der Waals surface area contributed by atoms with Crippen LogP contribution in [0, 0.1) is 5.92 Å². The van der Waals surface area contributed by atoms with E-state index in [-0.39, 0.29) is 11.8 Å². The quantitative estimate of drug-likeness (QED) is 0.932. The number of methoxy groups -OCH3 is 1. The number of nitrogens with zero attached hydrogens (tertiary/aromatic N) is 1. The number of rotatable bonds is 3. The van der Waals surface area contributed by atoms with Crippen LogP contribution in [-0.2, 0) is 11.2 Å². The highest BCUT2D eigenvalue weighted by Crippen LogP contribution is 2.33. The molecule has 3 rings (SSSR count). The third kappa shape index (κ3) is 3.65. The molecule has 5 heteroatoms. The zero-order valence-corrected chi connectivity index (χ0v) is 14.7. The number of anilines is 2. The Kier molecular flexibility index (Phi) is 4.74. The van der Waals surface area contributed by atoms with Crippen molar-refractivity contribution in [2.24, 2.45) is 5.92 Å². The second kappa shape index (κ2) is 6.97. The normalized spacial score (nSPS) is 16.1. The Bertz CT molecular complexity index is 816. The Morgan fingerprint density at radius 1 is 1.20 bits per heavy atom. The highest BCUT2D eigenvalue weighted by Gasteiger charge is 2.27. The summed E-state index contributed by atoms with van der Waals surface area (Å²) in [6, 6.07) is 12.9. The molecule has 1 unspecified atom stereocenters. The minimum Gasteiger partial charge on any atom is -0.497 e. The molecule has 2 amide bonds. The molecule has 2 aromatic carbocycles. The van der Waals surface area contributed by atoms with Crippen LogP contribution in [0.5, 0.6) is 5.75 Å². The summed E-state index contributed by atoms with van der Waals surface area (Å²) in [4.78, 5) is 26.1. The molecular formula is C20H22N2O3. The molecule has 0 saturated carbocycles. The van der Waals surface area contributed by atoms with Crippen LogP contribution in [0.15, 0.2) is 42.5 Å². The number of nitrogens with one attached hydrogen (secondary N) is 1. The molecule has 0 bridgehead atoms. The largest absolute Gasteiger partial charge is 0.497 e. The third-order valence-corrected chi connectivity index (χ3v) is 4.32. The first-order valence-electron chi connectivity index (χ1n) is 8.34. The molecule has 1 atom stereocenters. The van der Waals surface area contributed by atoms with Gasteiger partial charge in [-0.25, -0.2) is 0 Å². The number of carbonyl (C=O) groups excluding carboxylic acids is 2. The molecule has 1 heterocycles. The Hall–Kier alpha value is -2.82. The SMILES string of the molecule is COc1ccc2c(c1)CC(C)CN2C(=O)c1cccc(NC(C)=O)c1. The summed E-state index contributed by atoms with van der Waals surface area (Å²) in [5.74, 6) is 0.939. The zero-order valence-electron chi connectivity index (χ0n) is 14.7. The highest BCUT2D eigenvalue weighted by molar-refractivity contribution is 6.07. The molecule has 0 saturated heterocycles. The molecule has 0 aromatic heterocycles. The van der Waals surface area contributed by atoms with E-state index in [0.29, 0.717) is 23.7 Å². The molecule has 1 N–H and O–H groups in total. The molecule has 1 aliphatic rings. The van der Waals surface area contributed by atoms with Crippen LogP contribution >= 0.6 is 0 Å². The lowest BCUT2D eigenvalue weighted by atomic mass is 9.93. The minimum atomic E-state index is -0.159. The van der Waals surface area contributed by atoms with Crippen LogP contribution in [0.4, 0.5) is 11.4 Å². The van der Waals surface area contributed by atoms with Gasteiger partial charge >= 0.3 is 0 Å². The summed E-state index contributed by atoms with van der Waals surface area (Å²) in [5, 5.41) is 2.72. The molecule has 130 valence electrons. The number of hydrogen-bond donors (Lipinski definition) is 1. The topological polar surface area (TPSA) is 58.6 Å². The Morgan fingerprint density at radius 3 is 2.72 bits per heavy atom. The van der Waals surface area contributed by atoms with Crippen LogP contribution in [0.3, 0.4) is 0 Å². The number of benzene rings is 2. The van der Waals surface area contributed by atoms with Crippen LogP contribution < -0.4 is 15.0 Å². The van der Waals surface area contributed by atoms with Crippen molar-refractivity contribution >= 4 is 23.2 Å². The van der Waals surface area contributed by atoms with E-state index in [9.17, 15) is 9.59 Å². The van der Waals surface area contributed by atoms with E-state index in [1.807, 2.05) is 23.1 Å². The standard InChI is InChI=1S/C20H22N2O3/c1-13-9-16-11-18(25-3)7-8-19(16)22(12-13)20(24)15-5-4-6-17(10-15)21-14(2)23/h4-8,10-11,13H,9,12H2,1-3H3,(H,21,23). The Balaban J connectivity index is 1.94. The first kappa shape index (κ1) is 17.0. The predicted octanol–water partition coefficient (Wildman–Crippen LogP) is 3.49. The van der Waals surface area contributed by atoms with Gasteiger partial charge in [0.25, 0.3) is 5.91 Å². The number of ether oxygens (including phenoxy) is 1. The van der Waals surface area contributed by atoms with Crippen molar-refractivity contribution in [3.05, 3.63) is 53.6 Å². The van der Waals surface area contributed by atoms with Crippen molar-refractivity contribution in [2.45, 2.75) is 20.3 Å². The summed E-state index contributed by atoms with van der Waals surface area (Å²) in [7, 11) is 1.64. The lowest BCUT2D eigenvalue weighted by molar-refractivity contribution is -0.114. The lowest BCUT2D eigenvalue weighted by Gasteiger charge is -2.33. The van der Waals surface area contributed by atoms with E-state index in [0.717, 1.165) is 23.4 Å². The molecule has 1 aliphatic heterocycles. The van der Waals surface area contributed by atoms with Gasteiger partial charge in [-0.05, 0) is 54.3 Å². The zero-order chi connectivity index (χ0) is 18.0. The second-order valence-corrected chi connectivity index (χ2v) is 6.48. The van der Waals surface area contributed by atoms with E-state index in [1.165, 1.54) is 6.92 Å². The lowest BCUT2D eigenvalue weighted by Crippen LogP contribution is -2.39. The summed E-state index contributed by atoms with van der Waals surface area (Å²) < 4.78 is 5.30. The van der Waals surface area contributed by atoms with Gasteiger partial charge in [0.05, 0.1) is 7.11 Å². The van der Waals surface area contributed by atoms with Crippen molar-refractivity contribution in [3.63, 3.8) is 0 Å². The van der Waals surface area contributed by atoms with Crippen LogP contribution in [-0.4, -0.2) is 25.5 Å². The van der Waals surface area contributed by atoms with Crippen LogP contribution in [0.25, 0.3) is 0 Å². The van der Waals surface area contributed by atoms with E-state index in [1.54, 1.807) is 31.4 Å². The number of amides is 2. The highest BCUT2D eigenvalue weighted by atomic mass is 16.5. The van der Waals surface area contributed by atoms with Crippen molar-refractivity contribution in [2.75, 3.05) is 23.9 Å². The van der Waals surface area contributed by atoms with E-state index in [2.05, 4.69) is 12.2 Å². The average molecular weight is 338 g/mol. The van der Waals surface area contributed by atoms with Gasteiger partial charge in [-0.3, -0.25) is 9.59 Å². The minimum absolute atomic E-state index is 0.0647. The predicted molar refractivity (Wildman–Crippen MR) is 98.3 cm³/mol. The molecule has 0 fully saturated rings. The van der Waals surface area contributed by atoms with Gasteiger partial charge in [0.1, 0.15) is 5.75 Å². The maximum Gasteiger partial charge on any atom is 0.258 e. The molecule has 0 aliphatic carbocycles. The average Bonchev–Trinajstić information content (AvgIpc) is 2.59. The molecule has 2 aromatic rings. The summed E-state index contributed by atoms with van der Waals surface area (Å²) in [6.45, 7) is 4.25. The molecule has 0 radical (unpaired) electrons. The fraction of sp³-hybridized carbons (Fsp3) is 0.300. The third-order valence-electron chi connectivity index (χ3n) is 4.32. The van der Waals surface area contributed by atoms with Gasteiger partial charge in [-0.2, -0.15) is 0 Å². The maximum absolute atomic E-state index is 13.1. The number of carbonyl (C=O) groups is 2. The van der Waals surface area contributed by atoms with E-state index >= 15 is 0 Å². The fourth-order valence-corrected chi connectivity index (χ4v) is 3.25. The number of fused-ring (bicyclic) bond motifs is 1. The first-order chi connectivity index (χ1) is 12.0. The summed E-state index contributed by atoms with van der Waals surface area (Å²) in [5.41, 5.74) is 3.22. The fourth-order valence-electron chi connectivity index (χ4n) is 3.25. The van der Waals surface area contributed by atoms with Gasteiger partial charge in [0.2, 0.25) is 5.91 Å². The summed E-state index contributed by atoms with van der Waals surface area (Å²) >= 11 is 0. The number of hydrogen-bond acceptors (Lipinski definition) is 3. The maximum atomic E-state index is 13.1. The Labute approximate surface area is 147 Å². The summed E-state index contributed by atoms with van der Waals surface area (Å²) in [6.07, 6.45) is 0.919. The molecule has 25 heavy (non-hydrogen) atoms. The van der Waals surface area contributed by atoms with Crippen LogP contribution in [0.2, 0.25) is 0 Å². The van der Waals surface area contributed by atoms with Crippen molar-refractivity contribution in [1.82, 2.24) is 0 Å². The van der Waals surface area contributed by atoms with Gasteiger partial charge in [-0.15, -0.1) is 0 Å².